The Balaban J connectivity index is 1.62. The summed E-state index contributed by atoms with van der Waals surface area (Å²) in [6.07, 6.45) is 0. The van der Waals surface area contributed by atoms with E-state index in [9.17, 15) is 19.2 Å². The number of aryl methyl sites for hydroxylation is 2. The van der Waals surface area contributed by atoms with Crippen molar-refractivity contribution in [2.75, 3.05) is 11.9 Å². The van der Waals surface area contributed by atoms with Crippen LogP contribution in [0.1, 0.15) is 38.8 Å². The first kappa shape index (κ1) is 19.3. The summed E-state index contributed by atoms with van der Waals surface area (Å²) in [6, 6.07) is 10.8. The van der Waals surface area contributed by atoms with E-state index in [1.54, 1.807) is 12.1 Å². The maximum atomic E-state index is 12.4. The van der Waals surface area contributed by atoms with E-state index in [1.165, 1.54) is 19.1 Å². The zero-order valence-electron chi connectivity index (χ0n) is 15.8. The molecule has 0 spiro atoms. The maximum Gasteiger partial charge on any atom is 0.329 e. The van der Waals surface area contributed by atoms with E-state index in [0.717, 1.165) is 16.0 Å². The van der Waals surface area contributed by atoms with Gasteiger partial charge in [0.2, 0.25) is 0 Å². The Kier molecular flexibility index (Phi) is 5.26. The lowest BCUT2D eigenvalue weighted by atomic mass is 10.1. The van der Waals surface area contributed by atoms with Crippen LogP contribution in [-0.2, 0) is 14.3 Å². The van der Waals surface area contributed by atoms with Gasteiger partial charge in [-0.2, -0.15) is 0 Å². The average molecular weight is 380 g/mol. The summed E-state index contributed by atoms with van der Waals surface area (Å²) >= 11 is 0. The van der Waals surface area contributed by atoms with Crippen molar-refractivity contribution in [2.24, 2.45) is 0 Å². The summed E-state index contributed by atoms with van der Waals surface area (Å²) in [5, 5.41) is 2.71. The molecule has 28 heavy (non-hydrogen) atoms. The Labute approximate surface area is 162 Å². The van der Waals surface area contributed by atoms with Crippen LogP contribution in [-0.4, -0.2) is 41.2 Å². The Hall–Kier alpha value is -3.48. The molecule has 0 fully saturated rings. The van der Waals surface area contributed by atoms with E-state index in [1.807, 2.05) is 32.0 Å². The van der Waals surface area contributed by atoms with Crippen LogP contribution in [0.2, 0.25) is 0 Å². The van der Waals surface area contributed by atoms with Gasteiger partial charge in [0, 0.05) is 5.69 Å². The number of esters is 1. The third-order valence-corrected chi connectivity index (χ3v) is 4.64. The number of nitrogens with zero attached hydrogens (tertiary/aromatic N) is 1. The first-order valence-electron chi connectivity index (χ1n) is 8.81. The summed E-state index contributed by atoms with van der Waals surface area (Å²) in [5.74, 6) is -2.43. The highest BCUT2D eigenvalue weighted by Crippen LogP contribution is 2.25. The lowest BCUT2D eigenvalue weighted by Crippen LogP contribution is -2.44. The van der Waals surface area contributed by atoms with E-state index in [4.69, 9.17) is 4.74 Å². The second kappa shape index (κ2) is 7.64. The quantitative estimate of drug-likeness (QED) is 0.635. The monoisotopic (exact) mass is 380 g/mol. The number of ether oxygens (including phenoxy) is 1. The molecule has 2 aromatic carbocycles. The molecule has 1 heterocycles. The number of hydrogen-bond acceptors (Lipinski definition) is 5. The smallest absolute Gasteiger partial charge is 0.329 e. The van der Waals surface area contributed by atoms with Crippen LogP contribution < -0.4 is 5.32 Å². The zero-order valence-corrected chi connectivity index (χ0v) is 15.8. The molecule has 0 saturated carbocycles. The molecular weight excluding hydrogens is 360 g/mol. The van der Waals surface area contributed by atoms with Crippen molar-refractivity contribution in [1.29, 1.82) is 0 Å². The van der Waals surface area contributed by atoms with Crippen molar-refractivity contribution in [3.63, 3.8) is 0 Å². The van der Waals surface area contributed by atoms with Gasteiger partial charge in [0.1, 0.15) is 6.04 Å². The summed E-state index contributed by atoms with van der Waals surface area (Å²) in [5.41, 5.74) is 2.94. The molecule has 1 atom stereocenters. The predicted molar refractivity (Wildman–Crippen MR) is 102 cm³/mol. The molecule has 1 aliphatic heterocycles. The summed E-state index contributed by atoms with van der Waals surface area (Å²) in [4.78, 5) is 50.2. The number of benzene rings is 2. The number of carbonyl (C=O) groups is 4. The number of imide groups is 1. The number of fused-ring (bicyclic) bond motifs is 1. The number of amides is 3. The highest BCUT2D eigenvalue weighted by molar-refractivity contribution is 6.22. The Morgan fingerprint density at radius 3 is 2.04 bits per heavy atom. The fourth-order valence-corrected chi connectivity index (χ4v) is 3.11. The van der Waals surface area contributed by atoms with E-state index >= 15 is 0 Å². The first-order chi connectivity index (χ1) is 13.3. The van der Waals surface area contributed by atoms with Gasteiger partial charge in [0.15, 0.2) is 6.61 Å². The first-order valence-corrected chi connectivity index (χ1v) is 8.81. The van der Waals surface area contributed by atoms with E-state index in [-0.39, 0.29) is 11.1 Å². The molecule has 0 bridgehead atoms. The van der Waals surface area contributed by atoms with E-state index in [0.29, 0.717) is 5.69 Å². The SMILES string of the molecule is Cc1cccc(C)c1NC(=O)COC(=O)[C@H](C)N1C(=O)c2ccccc2C1=O. The third-order valence-electron chi connectivity index (χ3n) is 4.64. The second-order valence-electron chi connectivity index (χ2n) is 6.62. The fraction of sp³-hybridized carbons (Fsp3) is 0.238. The number of carbonyl (C=O) groups excluding carboxylic acids is 4. The number of para-hydroxylation sites is 1. The van der Waals surface area contributed by atoms with Crippen LogP contribution in [0.15, 0.2) is 42.5 Å². The molecule has 3 amide bonds. The van der Waals surface area contributed by atoms with Gasteiger partial charge < -0.3 is 10.1 Å². The van der Waals surface area contributed by atoms with Crippen LogP contribution in [0.5, 0.6) is 0 Å². The van der Waals surface area contributed by atoms with Gasteiger partial charge in [-0.1, -0.05) is 30.3 Å². The summed E-state index contributed by atoms with van der Waals surface area (Å²) in [6.45, 7) is 4.60. The molecule has 3 rings (SSSR count). The number of hydrogen-bond donors (Lipinski definition) is 1. The molecule has 0 aromatic heterocycles. The molecule has 0 aliphatic carbocycles. The molecule has 0 unspecified atom stereocenters. The maximum absolute atomic E-state index is 12.4. The van der Waals surface area contributed by atoms with Crippen molar-refractivity contribution in [3.8, 4) is 0 Å². The summed E-state index contributed by atoms with van der Waals surface area (Å²) in [7, 11) is 0. The van der Waals surface area contributed by atoms with Crippen LogP contribution in [0, 0.1) is 13.8 Å². The van der Waals surface area contributed by atoms with E-state index in [2.05, 4.69) is 5.32 Å². The number of rotatable bonds is 5. The molecule has 0 radical (unpaired) electrons. The van der Waals surface area contributed by atoms with E-state index < -0.39 is 36.3 Å². The molecule has 7 heteroatoms. The molecule has 1 aliphatic rings. The lowest BCUT2D eigenvalue weighted by Gasteiger charge is -2.21. The Morgan fingerprint density at radius 1 is 0.964 bits per heavy atom. The highest BCUT2D eigenvalue weighted by atomic mass is 16.5. The largest absolute Gasteiger partial charge is 0.454 e. The molecule has 0 saturated heterocycles. The number of nitrogens with one attached hydrogen (secondary N) is 1. The van der Waals surface area contributed by atoms with Crippen LogP contribution >= 0.6 is 0 Å². The van der Waals surface area contributed by atoms with Crippen molar-refractivity contribution in [1.82, 2.24) is 4.90 Å². The molecule has 2 aromatic rings. The van der Waals surface area contributed by atoms with Crippen molar-refractivity contribution >= 4 is 29.4 Å². The highest BCUT2D eigenvalue weighted by Gasteiger charge is 2.41. The van der Waals surface area contributed by atoms with Gasteiger partial charge in [-0.05, 0) is 44.0 Å². The minimum Gasteiger partial charge on any atom is -0.454 e. The molecule has 7 nitrogen and oxygen atoms in total. The molecular formula is C21H20N2O5. The second-order valence-corrected chi connectivity index (χ2v) is 6.62. The van der Waals surface area contributed by atoms with Crippen LogP contribution in [0.3, 0.4) is 0 Å². The van der Waals surface area contributed by atoms with Gasteiger partial charge >= 0.3 is 5.97 Å². The fourth-order valence-electron chi connectivity index (χ4n) is 3.11. The molecule has 144 valence electrons. The minimum atomic E-state index is -1.14. The van der Waals surface area contributed by atoms with Crippen molar-refractivity contribution in [3.05, 3.63) is 64.7 Å². The Bertz CT molecular complexity index is 927. The van der Waals surface area contributed by atoms with Gasteiger partial charge in [-0.15, -0.1) is 0 Å². The summed E-state index contributed by atoms with van der Waals surface area (Å²) < 4.78 is 5.03. The standard InChI is InChI=1S/C21H20N2O5/c1-12-7-6-8-13(2)18(12)22-17(24)11-28-21(27)14(3)23-19(25)15-9-4-5-10-16(15)20(23)26/h4-10,14H,11H2,1-3H3,(H,22,24)/t14-/m0/s1. The normalized spacial score (nSPS) is 13.9. The zero-order chi connectivity index (χ0) is 20.4. The predicted octanol–water partition coefficient (Wildman–Crippen LogP) is 2.47. The van der Waals surface area contributed by atoms with Crippen LogP contribution in [0.25, 0.3) is 0 Å². The van der Waals surface area contributed by atoms with Crippen molar-refractivity contribution < 1.29 is 23.9 Å². The Morgan fingerprint density at radius 2 is 1.50 bits per heavy atom. The van der Waals surface area contributed by atoms with Crippen molar-refractivity contribution in [2.45, 2.75) is 26.8 Å². The average Bonchev–Trinajstić information content (AvgIpc) is 2.93. The lowest BCUT2D eigenvalue weighted by molar-refractivity contribution is -0.150. The molecule has 1 N–H and O–H groups in total. The van der Waals surface area contributed by atoms with Crippen LogP contribution in [0.4, 0.5) is 5.69 Å². The van der Waals surface area contributed by atoms with Gasteiger partial charge in [0.25, 0.3) is 17.7 Å². The number of anilines is 1. The minimum absolute atomic E-state index is 0.250. The third kappa shape index (κ3) is 3.51. The van der Waals surface area contributed by atoms with Gasteiger partial charge in [-0.3, -0.25) is 19.3 Å². The van der Waals surface area contributed by atoms with Gasteiger partial charge in [-0.25, -0.2) is 4.79 Å². The van der Waals surface area contributed by atoms with Gasteiger partial charge in [0.05, 0.1) is 11.1 Å². The topological polar surface area (TPSA) is 92.8 Å².